The molecule has 1 amide bonds. The van der Waals surface area contributed by atoms with Gasteiger partial charge in [0.1, 0.15) is 5.82 Å². The van der Waals surface area contributed by atoms with Gasteiger partial charge in [0.25, 0.3) is 5.91 Å². The quantitative estimate of drug-likeness (QED) is 0.806. The molecule has 1 aromatic heterocycles. The van der Waals surface area contributed by atoms with E-state index in [1.54, 1.807) is 29.3 Å². The minimum absolute atomic E-state index is 0.0560. The molecule has 3 rings (SSSR count). The molecule has 0 atom stereocenters. The smallest absolute Gasteiger partial charge is 0.255 e. The molecule has 2 aromatic rings. The molecule has 1 aliphatic rings. The van der Waals surface area contributed by atoms with Crippen molar-refractivity contribution in [1.29, 1.82) is 0 Å². The highest BCUT2D eigenvalue weighted by Crippen LogP contribution is 2.22. The van der Waals surface area contributed by atoms with Gasteiger partial charge in [-0.15, -0.1) is 0 Å². The Hall–Kier alpha value is -2.76. The number of benzene rings is 1. The number of carbonyl (C=O) groups excluding carboxylic acids is 2. The van der Waals surface area contributed by atoms with Crippen molar-refractivity contribution in [2.24, 2.45) is 0 Å². The summed E-state index contributed by atoms with van der Waals surface area (Å²) in [5, 5.41) is 0. The molecular formula is C19H20FN3O2. The molecule has 25 heavy (non-hydrogen) atoms. The van der Waals surface area contributed by atoms with Crippen LogP contribution in [0.4, 0.5) is 10.1 Å². The van der Waals surface area contributed by atoms with E-state index in [-0.39, 0.29) is 11.7 Å². The van der Waals surface area contributed by atoms with Gasteiger partial charge in [-0.25, -0.2) is 4.39 Å². The van der Waals surface area contributed by atoms with E-state index < -0.39 is 5.82 Å². The van der Waals surface area contributed by atoms with E-state index in [1.807, 2.05) is 17.9 Å². The third-order valence-electron chi connectivity index (χ3n) is 4.42. The summed E-state index contributed by atoms with van der Waals surface area (Å²) in [4.78, 5) is 31.6. The summed E-state index contributed by atoms with van der Waals surface area (Å²) in [5.74, 6) is -0.623. The van der Waals surface area contributed by atoms with Crippen LogP contribution in [0.1, 0.15) is 33.3 Å². The molecule has 5 nitrogen and oxygen atoms in total. The Morgan fingerprint density at radius 3 is 2.28 bits per heavy atom. The summed E-state index contributed by atoms with van der Waals surface area (Å²) in [6.45, 7) is 5.40. The lowest BCUT2D eigenvalue weighted by atomic mass is 10.1. The Labute approximate surface area is 146 Å². The summed E-state index contributed by atoms with van der Waals surface area (Å²) in [6.07, 6.45) is 1.59. The maximum Gasteiger partial charge on any atom is 0.255 e. The molecule has 1 aromatic carbocycles. The second-order valence-electron chi connectivity index (χ2n) is 6.19. The van der Waals surface area contributed by atoms with Gasteiger partial charge >= 0.3 is 0 Å². The molecule has 0 bridgehead atoms. The predicted molar refractivity (Wildman–Crippen MR) is 93.5 cm³/mol. The molecule has 1 saturated heterocycles. The molecule has 0 radical (unpaired) electrons. The van der Waals surface area contributed by atoms with Crippen LogP contribution in [0.25, 0.3) is 0 Å². The first-order chi connectivity index (χ1) is 12.0. The summed E-state index contributed by atoms with van der Waals surface area (Å²) < 4.78 is 14.3. The first-order valence-corrected chi connectivity index (χ1v) is 8.23. The number of pyridine rings is 1. The standard InChI is InChI=1S/C19H20FN3O2/c1-13-3-4-16(12-21-13)19(25)23-9-7-22(8-10-23)18-6-5-15(14(2)24)11-17(18)20/h3-6,11-12H,7-10H2,1-2H3. The Balaban J connectivity index is 1.66. The van der Waals surface area contributed by atoms with Gasteiger partial charge in [-0.3, -0.25) is 14.6 Å². The predicted octanol–water partition coefficient (Wildman–Crippen LogP) is 2.69. The zero-order chi connectivity index (χ0) is 18.0. The van der Waals surface area contributed by atoms with Crippen LogP contribution < -0.4 is 4.90 Å². The zero-order valence-corrected chi connectivity index (χ0v) is 14.3. The van der Waals surface area contributed by atoms with Crippen LogP contribution in [-0.4, -0.2) is 47.8 Å². The monoisotopic (exact) mass is 341 g/mol. The number of anilines is 1. The minimum atomic E-state index is -0.407. The first-order valence-electron chi connectivity index (χ1n) is 8.23. The van der Waals surface area contributed by atoms with Crippen LogP contribution in [0.15, 0.2) is 36.5 Å². The molecule has 0 unspecified atom stereocenters. The molecule has 0 aliphatic carbocycles. The second kappa shape index (κ2) is 7.01. The van der Waals surface area contributed by atoms with Crippen LogP contribution in [0.3, 0.4) is 0 Å². The van der Waals surface area contributed by atoms with E-state index in [4.69, 9.17) is 0 Å². The maximum absolute atomic E-state index is 14.3. The number of nitrogens with zero attached hydrogens (tertiary/aromatic N) is 3. The topological polar surface area (TPSA) is 53.5 Å². The van der Waals surface area contributed by atoms with Crippen molar-refractivity contribution in [3.63, 3.8) is 0 Å². The highest BCUT2D eigenvalue weighted by atomic mass is 19.1. The first kappa shape index (κ1) is 17.1. The molecular weight excluding hydrogens is 321 g/mol. The molecule has 0 N–H and O–H groups in total. The van der Waals surface area contributed by atoms with E-state index in [9.17, 15) is 14.0 Å². The zero-order valence-electron chi connectivity index (χ0n) is 14.3. The molecule has 6 heteroatoms. The average Bonchev–Trinajstić information content (AvgIpc) is 2.62. The Morgan fingerprint density at radius 1 is 1.04 bits per heavy atom. The van der Waals surface area contributed by atoms with Gasteiger partial charge in [-0.2, -0.15) is 0 Å². The van der Waals surface area contributed by atoms with Crippen molar-refractivity contribution in [2.45, 2.75) is 13.8 Å². The Kier molecular flexibility index (Phi) is 4.79. The highest BCUT2D eigenvalue weighted by molar-refractivity contribution is 5.95. The maximum atomic E-state index is 14.3. The van der Waals surface area contributed by atoms with Crippen molar-refractivity contribution in [2.75, 3.05) is 31.1 Å². The van der Waals surface area contributed by atoms with Gasteiger partial charge in [0.05, 0.1) is 11.3 Å². The molecule has 2 heterocycles. The average molecular weight is 341 g/mol. The fourth-order valence-electron chi connectivity index (χ4n) is 2.91. The van der Waals surface area contributed by atoms with Crippen LogP contribution >= 0.6 is 0 Å². The normalized spacial score (nSPS) is 14.5. The van der Waals surface area contributed by atoms with E-state index in [2.05, 4.69) is 4.98 Å². The number of ketones is 1. The molecule has 0 saturated carbocycles. The van der Waals surface area contributed by atoms with Crippen LogP contribution in [0.2, 0.25) is 0 Å². The lowest BCUT2D eigenvalue weighted by molar-refractivity contribution is 0.0746. The van der Waals surface area contributed by atoms with Gasteiger partial charge in [-0.1, -0.05) is 0 Å². The van der Waals surface area contributed by atoms with Crippen LogP contribution in [-0.2, 0) is 0 Å². The summed E-state index contributed by atoms with van der Waals surface area (Å²) in [6, 6.07) is 8.13. The number of aryl methyl sites for hydroxylation is 1. The number of carbonyl (C=O) groups is 2. The number of piperazine rings is 1. The van der Waals surface area contributed by atoms with Crippen molar-refractivity contribution in [3.05, 3.63) is 59.2 Å². The van der Waals surface area contributed by atoms with Gasteiger partial charge in [0, 0.05) is 43.6 Å². The number of hydrogen-bond donors (Lipinski definition) is 0. The third kappa shape index (κ3) is 3.68. The van der Waals surface area contributed by atoms with E-state index >= 15 is 0 Å². The van der Waals surface area contributed by atoms with Gasteiger partial charge in [0.2, 0.25) is 0 Å². The fourth-order valence-corrected chi connectivity index (χ4v) is 2.91. The van der Waals surface area contributed by atoms with Crippen LogP contribution in [0.5, 0.6) is 0 Å². The SMILES string of the molecule is CC(=O)c1ccc(N2CCN(C(=O)c3ccc(C)nc3)CC2)c(F)c1. The largest absolute Gasteiger partial charge is 0.366 e. The number of aromatic nitrogens is 1. The number of amides is 1. The molecule has 1 aliphatic heterocycles. The van der Waals surface area contributed by atoms with Crippen molar-refractivity contribution in [1.82, 2.24) is 9.88 Å². The van der Waals surface area contributed by atoms with Crippen LogP contribution in [0, 0.1) is 12.7 Å². The van der Waals surface area contributed by atoms with E-state index in [0.717, 1.165) is 5.69 Å². The fraction of sp³-hybridized carbons (Fsp3) is 0.316. The molecule has 130 valence electrons. The molecule has 0 spiro atoms. The van der Waals surface area contributed by atoms with Crippen molar-refractivity contribution < 1.29 is 14.0 Å². The number of rotatable bonds is 3. The lowest BCUT2D eigenvalue weighted by Crippen LogP contribution is -2.49. The van der Waals surface area contributed by atoms with Gasteiger partial charge in [-0.05, 0) is 44.2 Å². The minimum Gasteiger partial charge on any atom is -0.366 e. The van der Waals surface area contributed by atoms with E-state index in [0.29, 0.717) is 43.0 Å². The number of hydrogen-bond acceptors (Lipinski definition) is 4. The van der Waals surface area contributed by atoms with Gasteiger partial charge < -0.3 is 9.80 Å². The Bertz CT molecular complexity index is 797. The number of Topliss-reactive ketones (excluding diaryl/α,β-unsaturated/α-hetero) is 1. The van der Waals surface area contributed by atoms with E-state index in [1.165, 1.54) is 13.0 Å². The van der Waals surface area contributed by atoms with Crippen molar-refractivity contribution >= 4 is 17.4 Å². The van der Waals surface area contributed by atoms with Crippen molar-refractivity contribution in [3.8, 4) is 0 Å². The summed E-state index contributed by atoms with van der Waals surface area (Å²) in [7, 11) is 0. The van der Waals surface area contributed by atoms with Gasteiger partial charge in [0.15, 0.2) is 5.78 Å². The second-order valence-corrected chi connectivity index (χ2v) is 6.19. The number of halogens is 1. The Morgan fingerprint density at radius 2 is 1.72 bits per heavy atom. The molecule has 1 fully saturated rings. The highest BCUT2D eigenvalue weighted by Gasteiger charge is 2.24. The summed E-state index contributed by atoms with van der Waals surface area (Å²) >= 11 is 0. The third-order valence-corrected chi connectivity index (χ3v) is 4.42. The lowest BCUT2D eigenvalue weighted by Gasteiger charge is -2.36. The summed E-state index contributed by atoms with van der Waals surface area (Å²) in [5.41, 5.74) is 2.26.